The standard InChI is InChI=1S/C21H30N2O3/c1-16-5-4-6-19(15-16)26-14-3-2-7-20(24)23-12-10-17(11-13-23)21(25)22-18-8-9-18/h4-6,15,17-18H,2-3,7-14H2,1H3,(H,22,25). The van der Waals surface area contributed by atoms with Crippen LogP contribution in [0.5, 0.6) is 5.75 Å². The number of hydrogen-bond donors (Lipinski definition) is 1. The normalized spacial score (nSPS) is 17.8. The van der Waals surface area contributed by atoms with Crippen molar-refractivity contribution < 1.29 is 14.3 Å². The summed E-state index contributed by atoms with van der Waals surface area (Å²) < 4.78 is 5.72. The van der Waals surface area contributed by atoms with Crippen molar-refractivity contribution in [1.82, 2.24) is 10.2 Å². The molecule has 0 atom stereocenters. The number of likely N-dealkylation sites (tertiary alicyclic amines) is 1. The highest BCUT2D eigenvalue weighted by atomic mass is 16.5. The van der Waals surface area contributed by atoms with Crippen molar-refractivity contribution >= 4 is 11.8 Å². The van der Waals surface area contributed by atoms with Crippen LogP contribution in [-0.4, -0.2) is 42.5 Å². The predicted octanol–water partition coefficient (Wildman–Crippen LogP) is 3.06. The first-order valence-electron chi connectivity index (χ1n) is 9.89. The Kier molecular flexibility index (Phi) is 6.53. The van der Waals surface area contributed by atoms with Crippen LogP contribution in [0.1, 0.15) is 50.5 Å². The molecule has 1 aromatic carbocycles. The lowest BCUT2D eigenvalue weighted by molar-refractivity contribution is -0.135. The number of amides is 2. The molecule has 142 valence electrons. The molecule has 2 fully saturated rings. The molecular weight excluding hydrogens is 328 g/mol. The zero-order valence-corrected chi connectivity index (χ0v) is 15.7. The van der Waals surface area contributed by atoms with Gasteiger partial charge in [-0.05, 0) is 63.1 Å². The average molecular weight is 358 g/mol. The van der Waals surface area contributed by atoms with Crippen molar-refractivity contribution in [3.63, 3.8) is 0 Å². The van der Waals surface area contributed by atoms with Crippen LogP contribution < -0.4 is 10.1 Å². The molecule has 1 aliphatic carbocycles. The Morgan fingerprint density at radius 2 is 1.92 bits per heavy atom. The first kappa shape index (κ1) is 18.7. The summed E-state index contributed by atoms with van der Waals surface area (Å²) in [5.74, 6) is 1.37. The Balaban J connectivity index is 1.27. The summed E-state index contributed by atoms with van der Waals surface area (Å²) in [5, 5.41) is 3.08. The minimum Gasteiger partial charge on any atom is -0.494 e. The molecule has 1 N–H and O–H groups in total. The molecule has 5 heteroatoms. The maximum Gasteiger partial charge on any atom is 0.223 e. The van der Waals surface area contributed by atoms with E-state index in [2.05, 4.69) is 5.32 Å². The molecule has 1 saturated carbocycles. The molecule has 0 bridgehead atoms. The van der Waals surface area contributed by atoms with E-state index in [1.165, 1.54) is 5.56 Å². The van der Waals surface area contributed by atoms with Crippen molar-refractivity contribution in [3.05, 3.63) is 29.8 Å². The summed E-state index contributed by atoms with van der Waals surface area (Å²) in [7, 11) is 0. The number of carbonyl (C=O) groups excluding carboxylic acids is 2. The Hall–Kier alpha value is -2.04. The molecule has 0 radical (unpaired) electrons. The Morgan fingerprint density at radius 1 is 1.15 bits per heavy atom. The molecule has 2 amide bonds. The average Bonchev–Trinajstić information content (AvgIpc) is 3.45. The lowest BCUT2D eigenvalue weighted by atomic mass is 9.95. The van der Waals surface area contributed by atoms with Gasteiger partial charge in [-0.1, -0.05) is 12.1 Å². The van der Waals surface area contributed by atoms with Crippen LogP contribution in [0.15, 0.2) is 24.3 Å². The summed E-state index contributed by atoms with van der Waals surface area (Å²) in [6, 6.07) is 8.44. The van der Waals surface area contributed by atoms with Crippen LogP contribution in [0.25, 0.3) is 0 Å². The lowest BCUT2D eigenvalue weighted by Gasteiger charge is -2.31. The molecule has 1 saturated heterocycles. The van der Waals surface area contributed by atoms with E-state index in [1.807, 2.05) is 36.1 Å². The molecule has 2 aliphatic rings. The zero-order valence-electron chi connectivity index (χ0n) is 15.7. The number of hydrogen-bond acceptors (Lipinski definition) is 3. The number of aryl methyl sites for hydroxylation is 1. The summed E-state index contributed by atoms with van der Waals surface area (Å²) in [5.41, 5.74) is 1.19. The second kappa shape index (κ2) is 9.06. The predicted molar refractivity (Wildman–Crippen MR) is 101 cm³/mol. The molecule has 1 heterocycles. The van der Waals surface area contributed by atoms with E-state index in [0.29, 0.717) is 32.2 Å². The van der Waals surface area contributed by atoms with Crippen molar-refractivity contribution in [2.24, 2.45) is 5.92 Å². The highest BCUT2D eigenvalue weighted by Gasteiger charge is 2.30. The first-order chi connectivity index (χ1) is 12.6. The number of unbranched alkanes of at least 4 members (excludes halogenated alkanes) is 1. The van der Waals surface area contributed by atoms with Crippen molar-refractivity contribution in [2.75, 3.05) is 19.7 Å². The van der Waals surface area contributed by atoms with Crippen molar-refractivity contribution in [1.29, 1.82) is 0 Å². The van der Waals surface area contributed by atoms with Gasteiger partial charge in [-0.3, -0.25) is 9.59 Å². The molecule has 1 aliphatic heterocycles. The van der Waals surface area contributed by atoms with Gasteiger partial charge < -0.3 is 15.0 Å². The van der Waals surface area contributed by atoms with Gasteiger partial charge in [-0.15, -0.1) is 0 Å². The van der Waals surface area contributed by atoms with E-state index in [4.69, 9.17) is 4.74 Å². The van der Waals surface area contributed by atoms with E-state index >= 15 is 0 Å². The van der Waals surface area contributed by atoms with Gasteiger partial charge in [-0.2, -0.15) is 0 Å². The zero-order chi connectivity index (χ0) is 18.4. The molecule has 1 aromatic rings. The van der Waals surface area contributed by atoms with Gasteiger partial charge in [0.1, 0.15) is 5.75 Å². The topological polar surface area (TPSA) is 58.6 Å². The third-order valence-corrected chi connectivity index (χ3v) is 5.19. The smallest absolute Gasteiger partial charge is 0.223 e. The maximum atomic E-state index is 12.3. The van der Waals surface area contributed by atoms with Gasteiger partial charge in [0, 0.05) is 31.5 Å². The third-order valence-electron chi connectivity index (χ3n) is 5.19. The van der Waals surface area contributed by atoms with E-state index in [1.54, 1.807) is 0 Å². The van der Waals surface area contributed by atoms with Gasteiger partial charge in [0.25, 0.3) is 0 Å². The minimum absolute atomic E-state index is 0.0855. The number of ether oxygens (including phenoxy) is 1. The third kappa shape index (κ3) is 5.75. The number of piperidine rings is 1. The van der Waals surface area contributed by atoms with Crippen LogP contribution in [0.3, 0.4) is 0 Å². The van der Waals surface area contributed by atoms with E-state index < -0.39 is 0 Å². The van der Waals surface area contributed by atoms with Crippen LogP contribution in [0.4, 0.5) is 0 Å². The Bertz CT molecular complexity index is 619. The highest BCUT2D eigenvalue weighted by molar-refractivity contribution is 5.80. The minimum atomic E-state index is 0.0855. The quantitative estimate of drug-likeness (QED) is 0.727. The molecule has 26 heavy (non-hydrogen) atoms. The van der Waals surface area contributed by atoms with Gasteiger partial charge in [0.05, 0.1) is 6.61 Å². The number of carbonyl (C=O) groups is 2. The van der Waals surface area contributed by atoms with Crippen LogP contribution in [0.2, 0.25) is 0 Å². The number of benzene rings is 1. The van der Waals surface area contributed by atoms with Crippen LogP contribution in [0, 0.1) is 12.8 Å². The van der Waals surface area contributed by atoms with Crippen molar-refractivity contribution in [3.8, 4) is 5.75 Å². The monoisotopic (exact) mass is 358 g/mol. The van der Waals surface area contributed by atoms with Crippen LogP contribution in [-0.2, 0) is 9.59 Å². The highest BCUT2D eigenvalue weighted by Crippen LogP contribution is 2.23. The number of rotatable bonds is 8. The van der Waals surface area contributed by atoms with E-state index in [9.17, 15) is 9.59 Å². The summed E-state index contributed by atoms with van der Waals surface area (Å²) in [6.07, 6.45) is 6.11. The lowest BCUT2D eigenvalue weighted by Crippen LogP contribution is -2.43. The summed E-state index contributed by atoms with van der Waals surface area (Å²) >= 11 is 0. The maximum absolute atomic E-state index is 12.3. The van der Waals surface area contributed by atoms with Gasteiger partial charge in [-0.25, -0.2) is 0 Å². The van der Waals surface area contributed by atoms with Crippen molar-refractivity contribution in [2.45, 2.75) is 57.9 Å². The van der Waals surface area contributed by atoms with Gasteiger partial charge in [0.2, 0.25) is 11.8 Å². The van der Waals surface area contributed by atoms with Gasteiger partial charge >= 0.3 is 0 Å². The largest absolute Gasteiger partial charge is 0.494 e. The fourth-order valence-corrected chi connectivity index (χ4v) is 3.37. The number of nitrogens with zero attached hydrogens (tertiary/aromatic N) is 1. The molecule has 5 nitrogen and oxygen atoms in total. The van der Waals surface area contributed by atoms with E-state index in [0.717, 1.165) is 44.3 Å². The SMILES string of the molecule is Cc1cccc(OCCCCC(=O)N2CCC(C(=O)NC3CC3)CC2)c1. The summed E-state index contributed by atoms with van der Waals surface area (Å²) in [4.78, 5) is 26.3. The Morgan fingerprint density at radius 3 is 2.62 bits per heavy atom. The second-order valence-corrected chi connectivity index (χ2v) is 7.56. The fourth-order valence-electron chi connectivity index (χ4n) is 3.37. The molecular formula is C21H30N2O3. The Labute approximate surface area is 156 Å². The molecule has 0 spiro atoms. The van der Waals surface area contributed by atoms with E-state index in [-0.39, 0.29) is 17.7 Å². The number of nitrogens with one attached hydrogen (secondary N) is 1. The summed E-state index contributed by atoms with van der Waals surface area (Å²) in [6.45, 7) is 4.10. The van der Waals surface area contributed by atoms with Gasteiger partial charge in [0.15, 0.2) is 0 Å². The second-order valence-electron chi connectivity index (χ2n) is 7.56. The molecule has 0 unspecified atom stereocenters. The fraction of sp³-hybridized carbons (Fsp3) is 0.619. The van der Waals surface area contributed by atoms with Crippen LogP contribution >= 0.6 is 0 Å². The molecule has 3 rings (SSSR count). The first-order valence-corrected chi connectivity index (χ1v) is 9.89. The molecule has 0 aromatic heterocycles.